The summed E-state index contributed by atoms with van der Waals surface area (Å²) in [7, 11) is 0. The van der Waals surface area contributed by atoms with Crippen molar-refractivity contribution in [2.45, 2.75) is 37.1 Å². The van der Waals surface area contributed by atoms with Crippen LogP contribution in [0.2, 0.25) is 0 Å². The normalized spacial score (nSPS) is 21.8. The van der Waals surface area contributed by atoms with Crippen LogP contribution in [-0.2, 0) is 19.7 Å². The van der Waals surface area contributed by atoms with Gasteiger partial charge in [0.05, 0.1) is 6.04 Å². The highest BCUT2D eigenvalue weighted by atomic mass is 35.5. The SMILES string of the molecule is Cl.NC(C(=O)NCC1(c2ccccc2)CCOCC1)C1CCOCC1. The molecule has 25 heavy (non-hydrogen) atoms. The zero-order chi connectivity index (χ0) is 16.8. The molecule has 1 aromatic rings. The molecule has 2 saturated heterocycles. The average molecular weight is 369 g/mol. The van der Waals surface area contributed by atoms with Crippen LogP contribution in [-0.4, -0.2) is 44.9 Å². The van der Waals surface area contributed by atoms with E-state index in [-0.39, 0.29) is 29.6 Å². The molecule has 3 rings (SSSR count). The summed E-state index contributed by atoms with van der Waals surface area (Å²) < 4.78 is 10.9. The topological polar surface area (TPSA) is 73.6 Å². The zero-order valence-electron chi connectivity index (χ0n) is 14.6. The Morgan fingerprint density at radius 3 is 2.36 bits per heavy atom. The highest BCUT2D eigenvalue weighted by molar-refractivity contribution is 5.85. The Balaban J connectivity index is 0.00000225. The molecule has 1 aromatic carbocycles. The lowest BCUT2D eigenvalue weighted by atomic mass is 9.74. The second-order valence-electron chi connectivity index (χ2n) is 6.95. The average Bonchev–Trinajstić information content (AvgIpc) is 2.67. The summed E-state index contributed by atoms with van der Waals surface area (Å²) in [6.07, 6.45) is 3.58. The highest BCUT2D eigenvalue weighted by Gasteiger charge is 2.36. The van der Waals surface area contributed by atoms with Crippen LogP contribution in [0.1, 0.15) is 31.2 Å². The van der Waals surface area contributed by atoms with Gasteiger partial charge in [-0.25, -0.2) is 0 Å². The Labute approximate surface area is 156 Å². The van der Waals surface area contributed by atoms with Crippen LogP contribution >= 0.6 is 12.4 Å². The summed E-state index contributed by atoms with van der Waals surface area (Å²) in [5, 5.41) is 3.13. The van der Waals surface area contributed by atoms with Crippen LogP contribution in [0.3, 0.4) is 0 Å². The predicted octanol–water partition coefficient (Wildman–Crippen LogP) is 2.03. The third-order valence-electron chi connectivity index (χ3n) is 5.51. The molecule has 6 heteroatoms. The fourth-order valence-electron chi connectivity index (χ4n) is 3.78. The van der Waals surface area contributed by atoms with Crippen molar-refractivity contribution in [1.82, 2.24) is 5.32 Å². The van der Waals surface area contributed by atoms with Gasteiger partial charge in [0.2, 0.25) is 5.91 Å². The summed E-state index contributed by atoms with van der Waals surface area (Å²) in [6.45, 7) is 3.50. The molecule has 5 nitrogen and oxygen atoms in total. The van der Waals surface area contributed by atoms with Gasteiger partial charge in [0, 0.05) is 38.4 Å². The number of nitrogens with one attached hydrogen (secondary N) is 1. The molecule has 1 atom stereocenters. The first-order valence-corrected chi connectivity index (χ1v) is 8.96. The van der Waals surface area contributed by atoms with Gasteiger partial charge in [-0.3, -0.25) is 4.79 Å². The van der Waals surface area contributed by atoms with Crippen LogP contribution < -0.4 is 11.1 Å². The van der Waals surface area contributed by atoms with Crippen molar-refractivity contribution in [3.05, 3.63) is 35.9 Å². The molecule has 0 aliphatic carbocycles. The molecule has 1 unspecified atom stereocenters. The van der Waals surface area contributed by atoms with Crippen LogP contribution in [0.25, 0.3) is 0 Å². The summed E-state index contributed by atoms with van der Waals surface area (Å²) >= 11 is 0. The quantitative estimate of drug-likeness (QED) is 0.834. The van der Waals surface area contributed by atoms with Crippen molar-refractivity contribution in [3.63, 3.8) is 0 Å². The highest BCUT2D eigenvalue weighted by Crippen LogP contribution is 2.34. The molecule has 2 heterocycles. The van der Waals surface area contributed by atoms with Gasteiger partial charge in [0.1, 0.15) is 0 Å². The Hall–Kier alpha value is -1.14. The van der Waals surface area contributed by atoms with Crippen molar-refractivity contribution in [2.75, 3.05) is 33.0 Å². The van der Waals surface area contributed by atoms with Crippen LogP contribution in [0, 0.1) is 5.92 Å². The van der Waals surface area contributed by atoms with E-state index in [0.717, 1.165) is 38.9 Å². The zero-order valence-corrected chi connectivity index (χ0v) is 15.4. The maximum atomic E-state index is 12.6. The lowest BCUT2D eigenvalue weighted by Crippen LogP contribution is -2.51. The van der Waals surface area contributed by atoms with Crippen molar-refractivity contribution >= 4 is 18.3 Å². The van der Waals surface area contributed by atoms with Gasteiger partial charge < -0.3 is 20.5 Å². The molecule has 2 aliphatic rings. The van der Waals surface area contributed by atoms with Gasteiger partial charge in [-0.05, 0) is 37.2 Å². The predicted molar refractivity (Wildman–Crippen MR) is 99.9 cm³/mol. The number of carbonyl (C=O) groups is 1. The van der Waals surface area contributed by atoms with E-state index in [9.17, 15) is 4.79 Å². The van der Waals surface area contributed by atoms with Gasteiger partial charge in [-0.1, -0.05) is 30.3 Å². The third-order valence-corrected chi connectivity index (χ3v) is 5.51. The number of ether oxygens (including phenoxy) is 2. The summed E-state index contributed by atoms with van der Waals surface area (Å²) in [6, 6.07) is 9.99. The van der Waals surface area contributed by atoms with Gasteiger partial charge in [0.15, 0.2) is 0 Å². The monoisotopic (exact) mass is 368 g/mol. The molecule has 1 amide bonds. The molecular formula is C19H29ClN2O3. The second-order valence-corrected chi connectivity index (χ2v) is 6.95. The first-order valence-electron chi connectivity index (χ1n) is 8.96. The number of amides is 1. The molecule has 0 aromatic heterocycles. The van der Waals surface area contributed by atoms with E-state index in [0.29, 0.717) is 19.8 Å². The summed E-state index contributed by atoms with van der Waals surface area (Å²) in [5.41, 5.74) is 7.42. The van der Waals surface area contributed by atoms with E-state index >= 15 is 0 Å². The van der Waals surface area contributed by atoms with Crippen LogP contribution in [0.4, 0.5) is 0 Å². The molecular weight excluding hydrogens is 340 g/mol. The molecule has 0 spiro atoms. The van der Waals surface area contributed by atoms with E-state index in [1.165, 1.54) is 5.56 Å². The van der Waals surface area contributed by atoms with E-state index in [2.05, 4.69) is 29.6 Å². The van der Waals surface area contributed by atoms with Crippen molar-refractivity contribution < 1.29 is 14.3 Å². The Kier molecular flexibility index (Phi) is 7.69. The molecule has 2 aliphatic heterocycles. The fourth-order valence-corrected chi connectivity index (χ4v) is 3.78. The number of halogens is 1. The molecule has 140 valence electrons. The molecule has 0 saturated carbocycles. The Morgan fingerprint density at radius 1 is 1.12 bits per heavy atom. The number of carbonyl (C=O) groups excluding carboxylic acids is 1. The van der Waals surface area contributed by atoms with Crippen molar-refractivity contribution in [3.8, 4) is 0 Å². The number of nitrogens with two attached hydrogens (primary N) is 1. The molecule has 0 radical (unpaired) electrons. The summed E-state index contributed by atoms with van der Waals surface area (Å²) in [5.74, 6) is 0.185. The van der Waals surface area contributed by atoms with E-state index < -0.39 is 6.04 Å². The minimum absolute atomic E-state index is 0. The van der Waals surface area contributed by atoms with E-state index in [1.54, 1.807) is 0 Å². The maximum absolute atomic E-state index is 12.6. The molecule has 0 bridgehead atoms. The number of benzene rings is 1. The van der Waals surface area contributed by atoms with Crippen LogP contribution in [0.5, 0.6) is 0 Å². The molecule has 2 fully saturated rings. The third kappa shape index (κ3) is 4.94. The van der Waals surface area contributed by atoms with Crippen LogP contribution in [0.15, 0.2) is 30.3 Å². The molecule has 3 N–H and O–H groups in total. The number of hydrogen-bond donors (Lipinski definition) is 2. The lowest BCUT2D eigenvalue weighted by molar-refractivity contribution is -0.124. The first-order chi connectivity index (χ1) is 11.7. The van der Waals surface area contributed by atoms with Crippen molar-refractivity contribution in [1.29, 1.82) is 0 Å². The second kappa shape index (κ2) is 9.53. The smallest absolute Gasteiger partial charge is 0.237 e. The largest absolute Gasteiger partial charge is 0.381 e. The Morgan fingerprint density at radius 2 is 1.72 bits per heavy atom. The van der Waals surface area contributed by atoms with E-state index in [4.69, 9.17) is 15.2 Å². The van der Waals surface area contributed by atoms with Gasteiger partial charge >= 0.3 is 0 Å². The van der Waals surface area contributed by atoms with Gasteiger partial charge in [-0.15, -0.1) is 12.4 Å². The number of hydrogen-bond acceptors (Lipinski definition) is 4. The maximum Gasteiger partial charge on any atom is 0.237 e. The Bertz CT molecular complexity index is 529. The van der Waals surface area contributed by atoms with Gasteiger partial charge in [-0.2, -0.15) is 0 Å². The minimum atomic E-state index is -0.443. The first kappa shape index (κ1) is 20.2. The number of rotatable bonds is 5. The minimum Gasteiger partial charge on any atom is -0.381 e. The van der Waals surface area contributed by atoms with Crippen molar-refractivity contribution in [2.24, 2.45) is 11.7 Å². The fraction of sp³-hybridized carbons (Fsp3) is 0.632. The lowest BCUT2D eigenvalue weighted by Gasteiger charge is -2.38. The standard InChI is InChI=1S/C19H28N2O3.ClH/c20-17(15-6-10-23-11-7-15)18(22)21-14-19(8-12-24-13-9-19)16-4-2-1-3-5-16;/h1-5,15,17H,6-14,20H2,(H,21,22);1H. The van der Waals surface area contributed by atoms with E-state index in [1.807, 2.05) is 6.07 Å². The summed E-state index contributed by atoms with van der Waals surface area (Å²) in [4.78, 5) is 12.6. The van der Waals surface area contributed by atoms with Gasteiger partial charge in [0.25, 0.3) is 0 Å².